The van der Waals surface area contributed by atoms with Crippen molar-refractivity contribution >= 4 is 17.4 Å². The number of fused-ring (bicyclic) bond motifs is 3. The number of carbonyl (C=O) groups excluding carboxylic acids is 1. The van der Waals surface area contributed by atoms with E-state index in [0.29, 0.717) is 11.5 Å². The van der Waals surface area contributed by atoms with Crippen LogP contribution in [0.3, 0.4) is 0 Å². The van der Waals surface area contributed by atoms with Crippen LogP contribution in [0.5, 0.6) is 0 Å². The van der Waals surface area contributed by atoms with Gasteiger partial charge >= 0.3 is 6.09 Å². The van der Waals surface area contributed by atoms with Crippen LogP contribution in [0.1, 0.15) is 30.0 Å². The van der Waals surface area contributed by atoms with Gasteiger partial charge in [0.15, 0.2) is 0 Å². The van der Waals surface area contributed by atoms with E-state index >= 15 is 0 Å². The first-order valence-corrected chi connectivity index (χ1v) is 9.61. The van der Waals surface area contributed by atoms with Crippen LogP contribution in [0.25, 0.3) is 0 Å². The fourth-order valence-corrected chi connectivity index (χ4v) is 4.51. The molecule has 3 aliphatic rings. The monoisotopic (exact) mass is 360 g/mol. The van der Waals surface area contributed by atoms with Crippen LogP contribution >= 0.6 is 11.3 Å². The minimum absolute atomic E-state index is 0.0637. The summed E-state index contributed by atoms with van der Waals surface area (Å²) in [7, 11) is 0. The van der Waals surface area contributed by atoms with Crippen LogP contribution in [0, 0.1) is 11.7 Å². The van der Waals surface area contributed by atoms with E-state index in [0.717, 1.165) is 38.0 Å². The molecule has 4 heterocycles. The first kappa shape index (κ1) is 16.5. The minimum atomic E-state index is -0.541. The molecule has 0 saturated carbocycles. The third-order valence-electron chi connectivity index (χ3n) is 5.21. The molecule has 1 amide bonds. The molecule has 6 heteroatoms. The number of amides is 1. The number of piperidine rings is 3. The molecule has 0 aliphatic carbocycles. The maximum Gasteiger partial charge on any atom is 0.408 e. The minimum Gasteiger partial charge on any atom is -0.445 e. The average Bonchev–Trinajstić information content (AvgIpc) is 3.16. The van der Waals surface area contributed by atoms with Crippen molar-refractivity contribution < 1.29 is 13.9 Å². The molecule has 0 spiro atoms. The van der Waals surface area contributed by atoms with E-state index in [1.54, 1.807) is 18.2 Å². The number of ether oxygens (including phenoxy) is 1. The Morgan fingerprint density at radius 3 is 2.72 bits per heavy atom. The van der Waals surface area contributed by atoms with Crippen LogP contribution in [0.2, 0.25) is 0 Å². The fourth-order valence-electron chi connectivity index (χ4n) is 3.82. The lowest BCUT2D eigenvalue weighted by Gasteiger charge is -2.43. The van der Waals surface area contributed by atoms with E-state index in [2.05, 4.69) is 10.2 Å². The van der Waals surface area contributed by atoms with Crippen molar-refractivity contribution in [2.24, 2.45) is 5.92 Å². The number of nitrogens with one attached hydrogen (secondary N) is 1. The number of hydrogen-bond acceptors (Lipinski definition) is 4. The van der Waals surface area contributed by atoms with Gasteiger partial charge < -0.3 is 10.1 Å². The number of carbonyl (C=O) groups is 1. The van der Waals surface area contributed by atoms with Gasteiger partial charge in [0.05, 0.1) is 6.04 Å². The summed E-state index contributed by atoms with van der Waals surface area (Å²) in [4.78, 5) is 14.8. The Hall–Kier alpha value is -1.92. The molecule has 3 saturated heterocycles. The predicted molar refractivity (Wildman–Crippen MR) is 95.1 cm³/mol. The quantitative estimate of drug-likeness (QED) is 0.902. The third-order valence-corrected chi connectivity index (χ3v) is 5.91. The molecule has 2 atom stereocenters. The predicted octanol–water partition coefficient (Wildman–Crippen LogP) is 3.80. The summed E-state index contributed by atoms with van der Waals surface area (Å²) >= 11 is 1.52. The highest BCUT2D eigenvalue weighted by Crippen LogP contribution is 2.30. The lowest BCUT2D eigenvalue weighted by Crippen LogP contribution is -2.52. The number of rotatable bonds is 4. The van der Waals surface area contributed by atoms with Crippen molar-refractivity contribution in [2.45, 2.75) is 25.0 Å². The highest BCUT2D eigenvalue weighted by molar-refractivity contribution is 7.08. The van der Waals surface area contributed by atoms with Crippen molar-refractivity contribution in [1.82, 2.24) is 10.2 Å². The van der Waals surface area contributed by atoms with Crippen LogP contribution in [-0.4, -0.2) is 36.7 Å². The molecule has 2 unspecified atom stereocenters. The first-order valence-electron chi connectivity index (χ1n) is 8.67. The third kappa shape index (κ3) is 3.55. The summed E-state index contributed by atoms with van der Waals surface area (Å²) in [6.07, 6.45) is 1.63. The molecule has 0 radical (unpaired) electrons. The molecule has 1 aromatic carbocycles. The maximum atomic E-state index is 14.3. The summed E-state index contributed by atoms with van der Waals surface area (Å²) in [6.45, 7) is 3.00. The largest absolute Gasteiger partial charge is 0.445 e. The number of alkyl carbamates (subject to hydrolysis) is 1. The van der Waals surface area contributed by atoms with Gasteiger partial charge in [0, 0.05) is 12.1 Å². The zero-order chi connectivity index (χ0) is 17.2. The number of halogens is 1. The van der Waals surface area contributed by atoms with Crippen molar-refractivity contribution in [3.63, 3.8) is 0 Å². The van der Waals surface area contributed by atoms with Crippen LogP contribution in [-0.2, 0) is 4.74 Å². The van der Waals surface area contributed by atoms with E-state index < -0.39 is 12.1 Å². The zero-order valence-electron chi connectivity index (χ0n) is 13.9. The van der Waals surface area contributed by atoms with Crippen molar-refractivity contribution in [1.29, 1.82) is 0 Å². The molecule has 5 rings (SSSR count). The SMILES string of the molecule is O=C(NC(c1ccsc1)c1ccccc1F)OC1CN2CCC1CC2. The number of hydrogen-bond donors (Lipinski definition) is 1. The van der Waals surface area contributed by atoms with Crippen molar-refractivity contribution in [3.05, 3.63) is 58.0 Å². The Labute approximate surface area is 150 Å². The molecular weight excluding hydrogens is 339 g/mol. The van der Waals surface area contributed by atoms with Gasteiger partial charge in [-0.1, -0.05) is 18.2 Å². The average molecular weight is 360 g/mol. The summed E-state index contributed by atoms with van der Waals surface area (Å²) < 4.78 is 20.0. The van der Waals surface area contributed by atoms with Crippen LogP contribution < -0.4 is 5.32 Å². The molecule has 25 heavy (non-hydrogen) atoms. The molecule has 4 nitrogen and oxygen atoms in total. The summed E-state index contributed by atoms with van der Waals surface area (Å²) in [5.41, 5.74) is 1.31. The molecule has 1 aromatic heterocycles. The van der Waals surface area contributed by atoms with Crippen LogP contribution in [0.15, 0.2) is 41.1 Å². The first-order chi connectivity index (χ1) is 12.2. The number of nitrogens with zero attached hydrogens (tertiary/aromatic N) is 1. The topological polar surface area (TPSA) is 41.6 Å². The van der Waals surface area contributed by atoms with Gasteiger partial charge in [-0.15, -0.1) is 0 Å². The Bertz CT molecular complexity index is 729. The van der Waals surface area contributed by atoms with E-state index in [4.69, 9.17) is 4.74 Å². The number of benzene rings is 1. The van der Waals surface area contributed by atoms with E-state index in [9.17, 15) is 9.18 Å². The summed E-state index contributed by atoms with van der Waals surface area (Å²) in [5.74, 6) is 0.116. The maximum absolute atomic E-state index is 14.3. The zero-order valence-corrected chi connectivity index (χ0v) is 14.7. The smallest absolute Gasteiger partial charge is 0.408 e. The van der Waals surface area contributed by atoms with E-state index in [1.807, 2.05) is 16.8 Å². The number of thiophene rings is 1. The van der Waals surface area contributed by atoms with Gasteiger partial charge in [-0.05, 0) is 60.3 Å². The van der Waals surface area contributed by atoms with Gasteiger partial charge in [0.1, 0.15) is 11.9 Å². The summed E-state index contributed by atoms with van der Waals surface area (Å²) in [5, 5.41) is 6.71. The normalized spacial score (nSPS) is 26.2. The molecule has 1 N–H and O–H groups in total. The van der Waals surface area contributed by atoms with Gasteiger partial charge in [0.25, 0.3) is 0 Å². The van der Waals surface area contributed by atoms with Gasteiger partial charge in [-0.25, -0.2) is 9.18 Å². The molecule has 3 aliphatic heterocycles. The molecule has 2 aromatic rings. The summed E-state index contributed by atoms with van der Waals surface area (Å²) in [6, 6.07) is 7.89. The highest BCUT2D eigenvalue weighted by Gasteiger charge is 2.37. The molecule has 132 valence electrons. The molecule has 2 bridgehead atoms. The second-order valence-corrected chi connectivity index (χ2v) is 7.52. The Balaban J connectivity index is 1.49. The van der Waals surface area contributed by atoms with E-state index in [1.165, 1.54) is 17.4 Å². The molecule has 3 fully saturated rings. The Morgan fingerprint density at radius 1 is 1.28 bits per heavy atom. The van der Waals surface area contributed by atoms with Crippen LogP contribution in [0.4, 0.5) is 9.18 Å². The Kier molecular flexibility index (Phi) is 4.72. The fraction of sp³-hybridized carbons (Fsp3) is 0.421. The standard InChI is InChI=1S/C19H21FN2O2S/c20-16-4-2-1-3-15(16)18(14-7-10-25-12-14)21-19(23)24-17-11-22-8-5-13(17)6-9-22/h1-4,7,10,12-13,17-18H,5-6,8-9,11H2,(H,21,23). The lowest BCUT2D eigenvalue weighted by molar-refractivity contribution is -0.0336. The lowest BCUT2D eigenvalue weighted by atomic mass is 9.86. The van der Waals surface area contributed by atoms with Gasteiger partial charge in [-0.2, -0.15) is 11.3 Å². The van der Waals surface area contributed by atoms with Crippen molar-refractivity contribution in [2.75, 3.05) is 19.6 Å². The Morgan fingerprint density at radius 2 is 2.08 bits per heavy atom. The van der Waals surface area contributed by atoms with Crippen molar-refractivity contribution in [3.8, 4) is 0 Å². The van der Waals surface area contributed by atoms with Gasteiger partial charge in [0.2, 0.25) is 0 Å². The van der Waals surface area contributed by atoms with Gasteiger partial charge in [-0.3, -0.25) is 4.90 Å². The second kappa shape index (κ2) is 7.14. The molecular formula is C19H21FN2O2S. The van der Waals surface area contributed by atoms with E-state index in [-0.39, 0.29) is 11.9 Å². The second-order valence-electron chi connectivity index (χ2n) is 6.74. The highest BCUT2D eigenvalue weighted by atomic mass is 32.1.